The van der Waals surface area contributed by atoms with E-state index in [1.807, 2.05) is 57.2 Å². The summed E-state index contributed by atoms with van der Waals surface area (Å²) in [6, 6.07) is 14.2. The maximum atomic E-state index is 12.7. The van der Waals surface area contributed by atoms with E-state index in [4.69, 9.17) is 14.8 Å². The number of hydrogen-bond donors (Lipinski definition) is 4. The first kappa shape index (κ1) is 34.0. The van der Waals surface area contributed by atoms with Gasteiger partial charge < -0.3 is 25.1 Å². The molecule has 6 heterocycles. The molecule has 2 saturated heterocycles. The van der Waals surface area contributed by atoms with E-state index in [2.05, 4.69) is 43.2 Å². The molecule has 4 aromatic heterocycles. The molecule has 250 valence electrons. The highest BCUT2D eigenvalue weighted by Gasteiger charge is 2.31. The van der Waals surface area contributed by atoms with E-state index < -0.39 is 0 Å². The lowest BCUT2D eigenvalue weighted by Gasteiger charge is -2.33. The van der Waals surface area contributed by atoms with Crippen LogP contribution >= 0.6 is 0 Å². The monoisotopic (exact) mass is 640 g/mol. The number of aromatic amines is 2. The molecule has 0 saturated carbocycles. The molecule has 5 aromatic rings. The van der Waals surface area contributed by atoms with Crippen LogP contribution in [0.25, 0.3) is 22.3 Å². The molecule has 4 N–H and O–H groups in total. The van der Waals surface area contributed by atoms with E-state index in [0.29, 0.717) is 18.2 Å². The number of aliphatic hydroxyl groups excluding tert-OH is 1. The zero-order chi connectivity index (χ0) is 33.3. The van der Waals surface area contributed by atoms with Crippen molar-refractivity contribution in [2.45, 2.75) is 91.8 Å². The molecular formula is C36H48N8O3. The predicted molar refractivity (Wildman–Crippen MR) is 184 cm³/mol. The van der Waals surface area contributed by atoms with Gasteiger partial charge in [0.25, 0.3) is 0 Å². The van der Waals surface area contributed by atoms with Gasteiger partial charge in [0.05, 0.1) is 23.1 Å². The minimum atomic E-state index is -0.287. The lowest BCUT2D eigenvalue weighted by Crippen LogP contribution is -2.39. The number of aliphatic hydroxyl groups is 1. The molecule has 47 heavy (non-hydrogen) atoms. The smallest absolute Gasteiger partial charge is 0.410 e. The van der Waals surface area contributed by atoms with Crippen molar-refractivity contribution >= 4 is 28.4 Å². The fourth-order valence-corrected chi connectivity index (χ4v) is 6.29. The number of nitrogens with zero attached hydrogens (tertiary/aromatic N) is 5. The van der Waals surface area contributed by atoms with Gasteiger partial charge in [0.1, 0.15) is 18.3 Å². The van der Waals surface area contributed by atoms with Gasteiger partial charge >= 0.3 is 6.09 Å². The Kier molecular flexibility index (Phi) is 11.6. The highest BCUT2D eigenvalue weighted by Crippen LogP contribution is 2.31. The fourth-order valence-electron chi connectivity index (χ4n) is 6.29. The van der Waals surface area contributed by atoms with Crippen LogP contribution in [0.2, 0.25) is 0 Å². The largest absolute Gasteiger partial charge is 0.445 e. The van der Waals surface area contributed by atoms with Crippen LogP contribution in [0.1, 0.15) is 97.3 Å². The van der Waals surface area contributed by atoms with Gasteiger partial charge in [-0.1, -0.05) is 36.8 Å². The van der Waals surface area contributed by atoms with Gasteiger partial charge in [0.15, 0.2) is 11.3 Å². The van der Waals surface area contributed by atoms with E-state index in [-0.39, 0.29) is 25.3 Å². The number of imidazole rings is 2. The van der Waals surface area contributed by atoms with Crippen molar-refractivity contribution in [3.63, 3.8) is 0 Å². The van der Waals surface area contributed by atoms with Crippen molar-refractivity contribution < 1.29 is 14.6 Å². The summed E-state index contributed by atoms with van der Waals surface area (Å²) in [5, 5.41) is 11.1. The van der Waals surface area contributed by atoms with Crippen LogP contribution in [0.4, 0.5) is 4.79 Å². The Bertz CT molecular complexity index is 1760. The number of likely N-dealkylation sites (tertiary alicyclic amines) is 1. The van der Waals surface area contributed by atoms with E-state index in [0.717, 1.165) is 83.1 Å². The molecule has 0 radical (unpaired) electrons. The summed E-state index contributed by atoms with van der Waals surface area (Å²) < 4.78 is 5.57. The van der Waals surface area contributed by atoms with Crippen LogP contribution in [0.5, 0.6) is 0 Å². The number of aryl methyl sites for hydroxylation is 4. The number of fused-ring (bicyclic) bond motifs is 2. The van der Waals surface area contributed by atoms with Crippen molar-refractivity contribution in [1.82, 2.24) is 40.1 Å². The molecule has 0 bridgehead atoms. The summed E-state index contributed by atoms with van der Waals surface area (Å²) in [6.07, 6.45) is 6.34. The highest BCUT2D eigenvalue weighted by atomic mass is 16.6. The van der Waals surface area contributed by atoms with E-state index >= 15 is 0 Å². The van der Waals surface area contributed by atoms with Crippen LogP contribution in [-0.4, -0.2) is 65.7 Å². The summed E-state index contributed by atoms with van der Waals surface area (Å²) in [4.78, 5) is 39.7. The number of pyridine rings is 2. The topological polar surface area (TPSA) is 145 Å². The number of ether oxygens (including phenoxy) is 1. The quantitative estimate of drug-likeness (QED) is 0.167. The number of rotatable bonds is 4. The van der Waals surface area contributed by atoms with Gasteiger partial charge in [-0.25, -0.2) is 24.7 Å². The first-order chi connectivity index (χ1) is 22.8. The molecular weight excluding hydrogens is 592 g/mol. The number of amides is 1. The molecule has 7 rings (SSSR count). The Hall–Kier alpha value is -4.35. The molecule has 11 heteroatoms. The summed E-state index contributed by atoms with van der Waals surface area (Å²) in [5.74, 6) is 1.84. The third-order valence-corrected chi connectivity index (χ3v) is 8.51. The van der Waals surface area contributed by atoms with Gasteiger partial charge in [-0.15, -0.1) is 0 Å². The van der Waals surface area contributed by atoms with Gasteiger partial charge in [0, 0.05) is 24.5 Å². The average molecular weight is 641 g/mol. The Balaban J connectivity index is 0.000000185. The number of H-pyrrole nitrogens is 2. The summed E-state index contributed by atoms with van der Waals surface area (Å²) >= 11 is 0. The molecule has 2 aliphatic heterocycles. The average Bonchev–Trinajstić information content (AvgIpc) is 3.71. The van der Waals surface area contributed by atoms with E-state index in [9.17, 15) is 4.79 Å². The number of carbonyl (C=O) groups excluding carboxylic acids is 1. The second kappa shape index (κ2) is 16.0. The molecule has 2 atom stereocenters. The van der Waals surface area contributed by atoms with Gasteiger partial charge in [-0.05, 0) is 102 Å². The zero-order valence-corrected chi connectivity index (χ0v) is 28.3. The number of hydrogen-bond acceptors (Lipinski definition) is 8. The predicted octanol–water partition coefficient (Wildman–Crippen LogP) is 6.83. The molecule has 1 amide bonds. The van der Waals surface area contributed by atoms with Gasteiger partial charge in [-0.2, -0.15) is 0 Å². The summed E-state index contributed by atoms with van der Waals surface area (Å²) in [6.45, 7) is 12.1. The van der Waals surface area contributed by atoms with Gasteiger partial charge in [-0.3, -0.25) is 4.90 Å². The van der Waals surface area contributed by atoms with Crippen LogP contribution < -0.4 is 5.32 Å². The molecule has 0 spiro atoms. The van der Waals surface area contributed by atoms with Gasteiger partial charge in [0.2, 0.25) is 0 Å². The van der Waals surface area contributed by atoms with E-state index in [1.54, 1.807) is 11.8 Å². The Morgan fingerprint density at radius 2 is 1.45 bits per heavy atom. The number of piperidine rings is 2. The lowest BCUT2D eigenvalue weighted by molar-refractivity contribution is 0.0661. The summed E-state index contributed by atoms with van der Waals surface area (Å²) in [7, 11) is 0. The van der Waals surface area contributed by atoms with Crippen LogP contribution in [0.15, 0.2) is 42.5 Å². The van der Waals surface area contributed by atoms with E-state index in [1.165, 1.54) is 18.4 Å². The van der Waals surface area contributed by atoms with Crippen LogP contribution in [0, 0.1) is 27.7 Å². The second-order valence-corrected chi connectivity index (χ2v) is 12.4. The highest BCUT2D eigenvalue weighted by molar-refractivity contribution is 5.76. The fraction of sp³-hybridized carbons (Fsp3) is 0.472. The first-order valence-electron chi connectivity index (χ1n) is 16.8. The molecule has 2 fully saturated rings. The van der Waals surface area contributed by atoms with Crippen molar-refractivity contribution in [3.8, 4) is 0 Å². The number of aromatic nitrogens is 6. The van der Waals surface area contributed by atoms with Crippen molar-refractivity contribution in [2.75, 3.05) is 19.7 Å². The summed E-state index contributed by atoms with van der Waals surface area (Å²) in [5.41, 5.74) is 8.89. The van der Waals surface area contributed by atoms with Crippen LogP contribution in [0.3, 0.4) is 0 Å². The Labute approximate surface area is 276 Å². The third-order valence-electron chi connectivity index (χ3n) is 8.51. The third kappa shape index (κ3) is 8.52. The second-order valence-electron chi connectivity index (χ2n) is 12.4. The first-order valence-corrected chi connectivity index (χ1v) is 16.8. The molecule has 0 aliphatic carbocycles. The lowest BCUT2D eigenvalue weighted by atomic mass is 10.0. The Morgan fingerprint density at radius 3 is 2.06 bits per heavy atom. The number of carbonyl (C=O) groups is 1. The standard InChI is InChI=1S/C21H24N4O2.C13H18N4.C2H6O/c1-14-12-15(2)22-20-18(14)23-19(24-20)17-10-6-7-11-25(17)21(26)27-13-16-8-4-3-5-9-16;1-8-7-9(2)15-13-11(8)16-12(17-13)10-5-3-4-6-14-10;1-2-3/h3-5,8-9,12,17H,6-7,10-11,13H2,1-2H3,(H,22,23,24);7,10,14H,3-6H2,1-2H3,(H,15,16,17);3H,2H2,1H3/t17-;10-;/m00./s1. The molecule has 11 nitrogen and oxygen atoms in total. The normalized spacial score (nSPS) is 17.9. The maximum Gasteiger partial charge on any atom is 0.410 e. The van der Waals surface area contributed by atoms with Crippen molar-refractivity contribution in [2.24, 2.45) is 0 Å². The van der Waals surface area contributed by atoms with Crippen LogP contribution in [-0.2, 0) is 11.3 Å². The zero-order valence-electron chi connectivity index (χ0n) is 28.3. The van der Waals surface area contributed by atoms with Crippen molar-refractivity contribution in [1.29, 1.82) is 0 Å². The Morgan fingerprint density at radius 1 is 0.851 bits per heavy atom. The number of benzene rings is 1. The maximum absolute atomic E-state index is 12.7. The SMILES string of the molecule is CCO.Cc1cc(C)c2[nH]c([C@@H]3CCCCN3)nc2n1.Cc1cc(C)c2[nH]c([C@@H]3CCCCN3C(=O)OCc3ccccc3)nc2n1. The minimum Gasteiger partial charge on any atom is -0.445 e. The van der Waals surface area contributed by atoms with Crippen molar-refractivity contribution in [3.05, 3.63) is 82.2 Å². The molecule has 2 aliphatic rings. The molecule has 1 aromatic carbocycles. The molecule has 0 unspecified atom stereocenters. The number of nitrogens with one attached hydrogen (secondary N) is 3. The minimum absolute atomic E-state index is 0.101.